The molecule has 7 nitrogen and oxygen atoms in total. The molecule has 9 heteroatoms. The van der Waals surface area contributed by atoms with Gasteiger partial charge in [0, 0.05) is 22.5 Å². The molecule has 28 heavy (non-hydrogen) atoms. The molecular weight excluding hydrogens is 396 g/mol. The minimum atomic E-state index is -3.34. The highest BCUT2D eigenvalue weighted by Crippen LogP contribution is 2.31. The lowest BCUT2D eigenvalue weighted by Gasteiger charge is -2.09. The predicted octanol–water partition coefficient (Wildman–Crippen LogP) is 4.02. The van der Waals surface area contributed by atoms with Crippen LogP contribution in [0.15, 0.2) is 24.3 Å². The van der Waals surface area contributed by atoms with E-state index in [0.717, 1.165) is 21.5 Å². The monoisotopic (exact) mass is 418 g/mol. The molecule has 2 aromatic heterocycles. The maximum Gasteiger partial charge on any atom is 0.266 e. The van der Waals surface area contributed by atoms with Gasteiger partial charge in [-0.3, -0.25) is 9.52 Å². The fraction of sp³-hybridized carbons (Fsp3) is 0.316. The number of hydrogen-bond donors (Lipinski definition) is 2. The van der Waals surface area contributed by atoms with Gasteiger partial charge in [-0.05, 0) is 57.0 Å². The van der Waals surface area contributed by atoms with Gasteiger partial charge in [0.15, 0.2) is 0 Å². The lowest BCUT2D eigenvalue weighted by molar-refractivity contribution is 0.103. The number of anilines is 2. The number of aromatic nitrogens is 2. The van der Waals surface area contributed by atoms with Gasteiger partial charge in [-0.1, -0.05) is 6.92 Å². The first kappa shape index (κ1) is 20.2. The molecule has 0 spiro atoms. The zero-order valence-electron chi connectivity index (χ0n) is 16.2. The third-order valence-corrected chi connectivity index (χ3v) is 6.85. The van der Waals surface area contributed by atoms with Gasteiger partial charge in [0.1, 0.15) is 10.7 Å². The normalized spacial score (nSPS) is 11.6. The molecule has 0 unspecified atom stereocenters. The Morgan fingerprint density at radius 1 is 1.07 bits per heavy atom. The molecule has 0 aliphatic rings. The van der Waals surface area contributed by atoms with Gasteiger partial charge in [0.05, 0.1) is 10.6 Å². The van der Waals surface area contributed by atoms with Crippen molar-refractivity contribution in [2.75, 3.05) is 15.8 Å². The first-order valence-electron chi connectivity index (χ1n) is 8.86. The van der Waals surface area contributed by atoms with Crippen molar-refractivity contribution in [1.82, 2.24) is 9.97 Å². The van der Waals surface area contributed by atoms with Crippen molar-refractivity contribution >= 4 is 48.9 Å². The number of hydrogen-bond acceptors (Lipinski definition) is 6. The van der Waals surface area contributed by atoms with E-state index in [1.54, 1.807) is 24.3 Å². The van der Waals surface area contributed by atoms with E-state index in [9.17, 15) is 13.2 Å². The molecule has 0 atom stereocenters. The van der Waals surface area contributed by atoms with Gasteiger partial charge in [-0.15, -0.1) is 11.3 Å². The molecule has 2 N–H and O–H groups in total. The Bertz CT molecular complexity index is 1140. The summed E-state index contributed by atoms with van der Waals surface area (Å²) in [4.78, 5) is 22.9. The molecule has 3 rings (SSSR count). The molecule has 1 aromatic carbocycles. The van der Waals surface area contributed by atoms with Gasteiger partial charge < -0.3 is 5.32 Å². The number of fused-ring (bicyclic) bond motifs is 1. The molecule has 3 aromatic rings. The van der Waals surface area contributed by atoms with E-state index in [4.69, 9.17) is 0 Å². The molecule has 0 saturated carbocycles. The van der Waals surface area contributed by atoms with Crippen molar-refractivity contribution in [3.63, 3.8) is 0 Å². The molecule has 1 amide bonds. The highest BCUT2D eigenvalue weighted by atomic mass is 32.2. The van der Waals surface area contributed by atoms with Crippen molar-refractivity contribution in [1.29, 1.82) is 0 Å². The topological polar surface area (TPSA) is 101 Å². The van der Waals surface area contributed by atoms with Crippen LogP contribution in [0.2, 0.25) is 0 Å². The summed E-state index contributed by atoms with van der Waals surface area (Å²) in [7, 11) is -3.34. The van der Waals surface area contributed by atoms with Crippen molar-refractivity contribution in [3.8, 4) is 0 Å². The second-order valence-electron chi connectivity index (χ2n) is 6.54. The number of carbonyl (C=O) groups excluding carboxylic acids is 1. The highest BCUT2D eigenvalue weighted by molar-refractivity contribution is 7.92. The van der Waals surface area contributed by atoms with Gasteiger partial charge in [0.25, 0.3) is 5.91 Å². The van der Waals surface area contributed by atoms with Crippen LogP contribution in [-0.2, 0) is 10.0 Å². The number of aryl methyl sites for hydroxylation is 3. The number of nitrogens with zero attached hydrogens (tertiary/aromatic N) is 2. The summed E-state index contributed by atoms with van der Waals surface area (Å²) in [6.45, 7) is 7.45. The lowest BCUT2D eigenvalue weighted by Crippen LogP contribution is -2.16. The fourth-order valence-corrected chi connectivity index (χ4v) is 5.31. The summed E-state index contributed by atoms with van der Waals surface area (Å²) in [5.74, 6) is 0.523. The van der Waals surface area contributed by atoms with E-state index in [2.05, 4.69) is 20.0 Å². The average Bonchev–Trinajstić information content (AvgIpc) is 2.93. The lowest BCUT2D eigenvalue weighted by atomic mass is 10.1. The molecule has 0 aliphatic heterocycles. The standard InChI is InChI=1S/C19H22N4O3S2/c1-5-10-28(25,26)23-15-8-6-14(7-9-15)22-18(24)17-11(2)16-12(3)20-13(4)21-19(16)27-17/h6-9,23H,5,10H2,1-4H3,(H,22,24). The van der Waals surface area contributed by atoms with Crippen LogP contribution in [0.1, 0.15) is 40.1 Å². The number of nitrogens with one attached hydrogen (secondary N) is 2. The number of rotatable bonds is 6. The van der Waals surface area contributed by atoms with Crippen LogP contribution in [0, 0.1) is 20.8 Å². The second kappa shape index (κ2) is 7.84. The zero-order valence-corrected chi connectivity index (χ0v) is 17.8. The minimum absolute atomic E-state index is 0.0679. The number of thiophene rings is 1. The van der Waals surface area contributed by atoms with E-state index in [-0.39, 0.29) is 11.7 Å². The summed E-state index contributed by atoms with van der Waals surface area (Å²) in [6.07, 6.45) is 0.543. The molecule has 0 aliphatic carbocycles. The average molecular weight is 419 g/mol. The van der Waals surface area contributed by atoms with Crippen LogP contribution < -0.4 is 10.0 Å². The Kier molecular flexibility index (Phi) is 5.66. The van der Waals surface area contributed by atoms with Gasteiger partial charge in [-0.25, -0.2) is 18.4 Å². The number of carbonyl (C=O) groups is 1. The third kappa shape index (κ3) is 4.31. The summed E-state index contributed by atoms with van der Waals surface area (Å²) in [6, 6.07) is 6.58. The Balaban J connectivity index is 1.79. The van der Waals surface area contributed by atoms with Gasteiger partial charge >= 0.3 is 0 Å². The first-order valence-corrected chi connectivity index (χ1v) is 11.3. The molecule has 148 valence electrons. The maximum absolute atomic E-state index is 12.7. The largest absolute Gasteiger partial charge is 0.321 e. The Hall–Kier alpha value is -2.52. The van der Waals surface area contributed by atoms with Crippen LogP contribution in [-0.4, -0.2) is 30.0 Å². The molecule has 0 bridgehead atoms. The van der Waals surface area contributed by atoms with Crippen molar-refractivity contribution in [2.45, 2.75) is 34.1 Å². The molecule has 0 saturated heterocycles. The minimum Gasteiger partial charge on any atom is -0.321 e. The third-order valence-electron chi connectivity index (χ3n) is 4.18. The molecular formula is C19H22N4O3S2. The zero-order chi connectivity index (χ0) is 20.5. The van der Waals surface area contributed by atoms with Crippen molar-refractivity contribution in [3.05, 3.63) is 46.2 Å². The summed E-state index contributed by atoms with van der Waals surface area (Å²) in [5, 5.41) is 3.77. The van der Waals surface area contributed by atoms with Gasteiger partial charge in [0.2, 0.25) is 10.0 Å². The van der Waals surface area contributed by atoms with Crippen LogP contribution >= 0.6 is 11.3 Å². The fourth-order valence-electron chi connectivity index (χ4n) is 3.00. The van der Waals surface area contributed by atoms with E-state index in [0.29, 0.717) is 28.5 Å². The number of benzene rings is 1. The van der Waals surface area contributed by atoms with Crippen LogP contribution in [0.5, 0.6) is 0 Å². The van der Waals surface area contributed by atoms with Crippen molar-refractivity contribution < 1.29 is 13.2 Å². The summed E-state index contributed by atoms with van der Waals surface area (Å²) >= 11 is 1.34. The second-order valence-corrected chi connectivity index (χ2v) is 9.39. The van der Waals surface area contributed by atoms with E-state index >= 15 is 0 Å². The predicted molar refractivity (Wildman–Crippen MR) is 114 cm³/mol. The van der Waals surface area contributed by atoms with E-state index in [1.165, 1.54) is 11.3 Å². The Morgan fingerprint density at radius 2 is 1.71 bits per heavy atom. The number of sulfonamides is 1. The van der Waals surface area contributed by atoms with Gasteiger partial charge in [-0.2, -0.15) is 0 Å². The Morgan fingerprint density at radius 3 is 2.36 bits per heavy atom. The SMILES string of the molecule is CCCS(=O)(=O)Nc1ccc(NC(=O)c2sc3nc(C)nc(C)c3c2C)cc1. The van der Waals surface area contributed by atoms with Crippen LogP contribution in [0.25, 0.3) is 10.2 Å². The summed E-state index contributed by atoms with van der Waals surface area (Å²) < 4.78 is 26.2. The van der Waals surface area contributed by atoms with Crippen molar-refractivity contribution in [2.24, 2.45) is 0 Å². The molecule has 0 fully saturated rings. The summed E-state index contributed by atoms with van der Waals surface area (Å²) in [5.41, 5.74) is 2.77. The van der Waals surface area contributed by atoms with Crippen LogP contribution in [0.4, 0.5) is 11.4 Å². The van der Waals surface area contributed by atoms with E-state index in [1.807, 2.05) is 27.7 Å². The highest BCUT2D eigenvalue weighted by Gasteiger charge is 2.19. The smallest absolute Gasteiger partial charge is 0.266 e. The molecule has 0 radical (unpaired) electrons. The quantitative estimate of drug-likeness (QED) is 0.630. The maximum atomic E-state index is 12.7. The first-order chi connectivity index (χ1) is 13.2. The van der Waals surface area contributed by atoms with E-state index < -0.39 is 10.0 Å². The number of amides is 1. The Labute approximate surface area is 168 Å². The molecule has 2 heterocycles. The van der Waals surface area contributed by atoms with Crippen LogP contribution in [0.3, 0.4) is 0 Å².